The number of hydrogen-bond donors (Lipinski definition) is 2. The van der Waals surface area contributed by atoms with Gasteiger partial charge in [0.1, 0.15) is 23.2 Å². The van der Waals surface area contributed by atoms with Gasteiger partial charge in [0.15, 0.2) is 5.11 Å². The molecule has 2 fully saturated rings. The maximum atomic E-state index is 6.00. The van der Waals surface area contributed by atoms with E-state index in [1.165, 1.54) is 25.7 Å². The topological polar surface area (TPSA) is 69.5 Å². The molecule has 1 aromatic carbocycles. The van der Waals surface area contributed by atoms with Gasteiger partial charge in [0.05, 0.1) is 6.54 Å². The number of furan rings is 1. The van der Waals surface area contributed by atoms with Gasteiger partial charge in [-0.2, -0.15) is 9.97 Å². The van der Waals surface area contributed by atoms with Gasteiger partial charge in [0, 0.05) is 42.8 Å². The Morgan fingerprint density at radius 1 is 0.973 bits per heavy atom. The first kappa shape index (κ1) is 25.8. The number of thiocarbonyl (C=S) groups is 1. The monoisotopic (exact) mass is 538 g/mol. The van der Waals surface area contributed by atoms with Crippen LogP contribution in [0.1, 0.15) is 45.3 Å². The average molecular weight is 539 g/mol. The maximum Gasteiger partial charge on any atom is 0.232 e. The predicted octanol–water partition coefficient (Wildman–Crippen LogP) is 6.35. The van der Waals surface area contributed by atoms with Crippen molar-refractivity contribution in [2.75, 3.05) is 41.3 Å². The molecule has 2 atom stereocenters. The molecule has 0 unspecified atom stereocenters. The number of halogens is 1. The minimum absolute atomic E-state index is 0.458. The van der Waals surface area contributed by atoms with Crippen LogP contribution in [0.2, 0.25) is 5.02 Å². The van der Waals surface area contributed by atoms with E-state index in [4.69, 9.17) is 38.2 Å². The van der Waals surface area contributed by atoms with Crippen LogP contribution in [0.5, 0.6) is 0 Å². The molecule has 37 heavy (non-hydrogen) atoms. The minimum atomic E-state index is 0.458. The third-order valence-electron chi connectivity index (χ3n) is 7.10. The van der Waals surface area contributed by atoms with Crippen molar-refractivity contribution in [2.24, 2.45) is 11.8 Å². The van der Waals surface area contributed by atoms with Crippen LogP contribution in [0.4, 0.5) is 17.6 Å². The van der Waals surface area contributed by atoms with E-state index >= 15 is 0 Å². The van der Waals surface area contributed by atoms with Gasteiger partial charge >= 0.3 is 0 Å². The normalized spacial score (nSPS) is 20.1. The molecular formula is C28H35ClN6OS. The van der Waals surface area contributed by atoms with Crippen LogP contribution in [-0.2, 0) is 6.54 Å². The molecule has 0 amide bonds. The van der Waals surface area contributed by atoms with Gasteiger partial charge in [-0.05, 0) is 86.1 Å². The molecule has 7 nitrogen and oxygen atoms in total. The second-order valence-electron chi connectivity index (χ2n) is 10.4. The second-order valence-corrected chi connectivity index (χ2v) is 11.2. The van der Waals surface area contributed by atoms with Crippen molar-refractivity contribution in [3.63, 3.8) is 0 Å². The summed E-state index contributed by atoms with van der Waals surface area (Å²) in [7, 11) is 0. The first-order valence-corrected chi connectivity index (χ1v) is 14.0. The molecule has 0 bridgehead atoms. The molecule has 2 aromatic heterocycles. The Kier molecular flexibility index (Phi) is 8.15. The SMILES string of the molecule is C[C@@H]1CCCN(c2cc(N3CCC[C@@H](C)C3)nc(NC(=S)NCc3ccc(-c4ccc(Cl)cc4)o3)n2)C1. The number of nitrogens with zero attached hydrogens (tertiary/aromatic N) is 4. The molecule has 0 radical (unpaired) electrons. The molecule has 4 heterocycles. The molecule has 0 aliphatic carbocycles. The van der Waals surface area contributed by atoms with E-state index in [0.717, 1.165) is 54.9 Å². The number of piperidine rings is 2. The zero-order chi connectivity index (χ0) is 25.8. The number of rotatable bonds is 6. The number of benzene rings is 1. The maximum absolute atomic E-state index is 6.00. The van der Waals surface area contributed by atoms with Crippen LogP contribution < -0.4 is 20.4 Å². The highest BCUT2D eigenvalue weighted by atomic mass is 35.5. The summed E-state index contributed by atoms with van der Waals surface area (Å²) in [6.07, 6.45) is 4.91. The van der Waals surface area contributed by atoms with Crippen molar-refractivity contribution in [2.45, 2.75) is 46.1 Å². The fourth-order valence-electron chi connectivity index (χ4n) is 5.15. The fourth-order valence-corrected chi connectivity index (χ4v) is 5.44. The van der Waals surface area contributed by atoms with E-state index < -0.39 is 0 Å². The summed E-state index contributed by atoms with van der Waals surface area (Å²) in [6, 6.07) is 13.6. The largest absolute Gasteiger partial charge is 0.459 e. The van der Waals surface area contributed by atoms with Crippen molar-refractivity contribution in [1.82, 2.24) is 15.3 Å². The second kappa shape index (κ2) is 11.7. The number of anilines is 3. The van der Waals surface area contributed by atoms with E-state index in [-0.39, 0.29) is 0 Å². The fraction of sp³-hybridized carbons (Fsp3) is 0.464. The molecular weight excluding hydrogens is 504 g/mol. The Labute approximate surface area is 229 Å². The highest BCUT2D eigenvalue weighted by molar-refractivity contribution is 7.80. The van der Waals surface area contributed by atoms with Gasteiger partial charge < -0.3 is 24.9 Å². The van der Waals surface area contributed by atoms with Gasteiger partial charge in [-0.15, -0.1) is 0 Å². The number of nitrogens with one attached hydrogen (secondary N) is 2. The van der Waals surface area contributed by atoms with Crippen LogP contribution in [0.3, 0.4) is 0 Å². The smallest absolute Gasteiger partial charge is 0.232 e. The summed E-state index contributed by atoms with van der Waals surface area (Å²) in [6.45, 7) is 9.16. The first-order valence-electron chi connectivity index (χ1n) is 13.2. The quantitative estimate of drug-likeness (QED) is 0.352. The third kappa shape index (κ3) is 6.73. The third-order valence-corrected chi connectivity index (χ3v) is 7.60. The van der Waals surface area contributed by atoms with Crippen LogP contribution in [0, 0.1) is 11.8 Å². The first-order chi connectivity index (χ1) is 17.9. The molecule has 0 spiro atoms. The van der Waals surface area contributed by atoms with Gasteiger partial charge in [0.2, 0.25) is 5.95 Å². The Hall–Kier alpha value is -2.84. The van der Waals surface area contributed by atoms with Crippen molar-refractivity contribution >= 4 is 46.5 Å². The number of hydrogen-bond acceptors (Lipinski definition) is 6. The predicted molar refractivity (Wildman–Crippen MR) is 155 cm³/mol. The van der Waals surface area contributed by atoms with Crippen molar-refractivity contribution < 1.29 is 4.42 Å². The summed E-state index contributed by atoms with van der Waals surface area (Å²) in [4.78, 5) is 14.5. The van der Waals surface area contributed by atoms with Gasteiger partial charge in [-0.1, -0.05) is 25.4 Å². The van der Waals surface area contributed by atoms with E-state index in [2.05, 4.69) is 40.3 Å². The molecule has 5 rings (SSSR count). The van der Waals surface area contributed by atoms with E-state index in [9.17, 15) is 0 Å². The van der Waals surface area contributed by atoms with Crippen LogP contribution in [0.25, 0.3) is 11.3 Å². The zero-order valence-electron chi connectivity index (χ0n) is 21.5. The minimum Gasteiger partial charge on any atom is -0.459 e. The Bertz CT molecular complexity index is 1180. The van der Waals surface area contributed by atoms with Crippen molar-refractivity contribution in [3.05, 3.63) is 53.2 Å². The van der Waals surface area contributed by atoms with Crippen LogP contribution >= 0.6 is 23.8 Å². The average Bonchev–Trinajstić information content (AvgIpc) is 3.37. The summed E-state index contributed by atoms with van der Waals surface area (Å²) in [5.74, 6) is 5.37. The van der Waals surface area contributed by atoms with Gasteiger partial charge in [0.25, 0.3) is 0 Å². The highest BCUT2D eigenvalue weighted by Crippen LogP contribution is 2.28. The van der Waals surface area contributed by atoms with E-state index in [1.54, 1.807) is 0 Å². The molecule has 3 aromatic rings. The Morgan fingerprint density at radius 3 is 2.19 bits per heavy atom. The van der Waals surface area contributed by atoms with Gasteiger partial charge in [-0.25, -0.2) is 0 Å². The van der Waals surface area contributed by atoms with Crippen LogP contribution in [0.15, 0.2) is 46.9 Å². The lowest BCUT2D eigenvalue weighted by molar-refractivity contribution is 0.441. The lowest BCUT2D eigenvalue weighted by Crippen LogP contribution is -2.37. The Balaban J connectivity index is 1.27. The molecule has 2 N–H and O–H groups in total. The zero-order valence-corrected chi connectivity index (χ0v) is 23.1. The Morgan fingerprint density at radius 2 is 1.59 bits per heavy atom. The molecule has 196 valence electrons. The molecule has 9 heteroatoms. The summed E-state index contributed by atoms with van der Waals surface area (Å²) >= 11 is 11.6. The van der Waals surface area contributed by atoms with E-state index in [1.807, 2.05) is 36.4 Å². The highest BCUT2D eigenvalue weighted by Gasteiger charge is 2.23. The standard InChI is InChI=1S/C28H35ClN6OS/c1-19-5-3-13-34(17-19)25-15-26(35-14-4-6-20(2)18-35)32-27(31-25)33-28(37)30-16-23-11-12-24(36-23)21-7-9-22(29)10-8-21/h7-12,15,19-20H,3-6,13-14,16-18H2,1-2H3,(H2,30,31,32,33,37)/t19-,20-/m1/s1. The summed E-state index contributed by atoms with van der Waals surface area (Å²) in [5.41, 5.74) is 0.980. The van der Waals surface area contributed by atoms with Crippen LogP contribution in [-0.4, -0.2) is 41.3 Å². The van der Waals surface area contributed by atoms with Crippen molar-refractivity contribution in [1.29, 1.82) is 0 Å². The van der Waals surface area contributed by atoms with Crippen molar-refractivity contribution in [3.8, 4) is 11.3 Å². The van der Waals surface area contributed by atoms with E-state index in [0.29, 0.717) is 34.5 Å². The molecule has 2 aliphatic rings. The molecule has 2 aliphatic heterocycles. The number of aromatic nitrogens is 2. The summed E-state index contributed by atoms with van der Waals surface area (Å²) < 4.78 is 5.99. The molecule has 0 saturated carbocycles. The summed E-state index contributed by atoms with van der Waals surface area (Å²) in [5, 5.41) is 7.62. The van der Waals surface area contributed by atoms with Gasteiger partial charge in [-0.3, -0.25) is 0 Å². The molecule has 2 saturated heterocycles. The lowest BCUT2D eigenvalue weighted by atomic mass is 10.00. The lowest BCUT2D eigenvalue weighted by Gasteiger charge is -2.35.